The molecule has 0 fully saturated rings. The lowest BCUT2D eigenvalue weighted by Gasteiger charge is -2.04. The number of H-pyrrole nitrogens is 1. The second-order valence-corrected chi connectivity index (χ2v) is 6.15. The third-order valence-corrected chi connectivity index (χ3v) is 3.48. The molecule has 0 saturated heterocycles. The fourth-order valence-corrected chi connectivity index (χ4v) is 2.19. The number of nitrogens with one attached hydrogen (secondary N) is 1. The standard InChI is InChI=1S/C10H10ClN3O2S/c1-6-4-3-5-7(2)8(6)9-12-10(14-13-9)17(11,15)16/h3-5H,1-2H3,(H,12,13,14). The van der Waals surface area contributed by atoms with Crippen LogP contribution >= 0.6 is 10.7 Å². The first-order valence-corrected chi connectivity index (χ1v) is 7.14. The summed E-state index contributed by atoms with van der Waals surface area (Å²) in [6.45, 7) is 3.82. The number of halogens is 1. The Kier molecular flexibility index (Phi) is 2.92. The van der Waals surface area contributed by atoms with E-state index in [1.165, 1.54) is 0 Å². The van der Waals surface area contributed by atoms with Gasteiger partial charge in [-0.2, -0.15) is 10.1 Å². The Morgan fingerprint density at radius 3 is 2.29 bits per heavy atom. The predicted octanol–water partition coefficient (Wildman–Crippen LogP) is 2.02. The number of rotatable bonds is 2. The van der Waals surface area contributed by atoms with Gasteiger partial charge in [-0.3, -0.25) is 0 Å². The van der Waals surface area contributed by atoms with Gasteiger partial charge in [-0.25, -0.2) is 13.5 Å². The van der Waals surface area contributed by atoms with Gasteiger partial charge in [-0.05, 0) is 25.0 Å². The average molecular weight is 272 g/mol. The maximum Gasteiger partial charge on any atom is 0.296 e. The molecule has 0 bridgehead atoms. The number of hydrogen-bond acceptors (Lipinski definition) is 4. The van der Waals surface area contributed by atoms with Crippen molar-refractivity contribution in [1.29, 1.82) is 0 Å². The van der Waals surface area contributed by atoms with Crippen LogP contribution in [0.1, 0.15) is 11.1 Å². The van der Waals surface area contributed by atoms with Gasteiger partial charge < -0.3 is 0 Å². The summed E-state index contributed by atoms with van der Waals surface area (Å²) in [7, 11) is 1.30. The molecule has 0 saturated carbocycles. The zero-order valence-corrected chi connectivity index (χ0v) is 10.8. The fraction of sp³-hybridized carbons (Fsp3) is 0.200. The highest BCUT2D eigenvalue weighted by Gasteiger charge is 2.18. The molecule has 0 aliphatic rings. The second kappa shape index (κ2) is 4.12. The van der Waals surface area contributed by atoms with Crippen LogP contribution in [0.15, 0.2) is 23.4 Å². The van der Waals surface area contributed by atoms with Crippen molar-refractivity contribution in [3.05, 3.63) is 29.3 Å². The van der Waals surface area contributed by atoms with Crippen molar-refractivity contribution in [2.75, 3.05) is 0 Å². The lowest BCUT2D eigenvalue weighted by Crippen LogP contribution is -1.93. The summed E-state index contributed by atoms with van der Waals surface area (Å²) in [5, 5.41) is 5.86. The van der Waals surface area contributed by atoms with Crippen LogP contribution in [0.25, 0.3) is 11.4 Å². The van der Waals surface area contributed by atoms with Gasteiger partial charge in [0.2, 0.25) is 0 Å². The molecule has 7 heteroatoms. The zero-order valence-electron chi connectivity index (χ0n) is 9.23. The molecule has 0 unspecified atom stereocenters. The van der Waals surface area contributed by atoms with Crippen molar-refractivity contribution in [1.82, 2.24) is 15.2 Å². The van der Waals surface area contributed by atoms with E-state index in [9.17, 15) is 8.42 Å². The molecule has 0 aliphatic carbocycles. The first kappa shape index (κ1) is 12.1. The van der Waals surface area contributed by atoms with E-state index in [1.54, 1.807) is 0 Å². The molecule has 0 atom stereocenters. The van der Waals surface area contributed by atoms with E-state index < -0.39 is 9.05 Å². The van der Waals surface area contributed by atoms with Crippen molar-refractivity contribution >= 4 is 19.7 Å². The molecule has 2 rings (SSSR count). The highest BCUT2D eigenvalue weighted by Crippen LogP contribution is 2.24. The van der Waals surface area contributed by atoms with Crippen LogP contribution in [0.4, 0.5) is 0 Å². The first-order chi connectivity index (χ1) is 7.89. The number of aromatic amines is 1. The maximum atomic E-state index is 11.1. The second-order valence-electron chi connectivity index (χ2n) is 3.67. The van der Waals surface area contributed by atoms with Crippen molar-refractivity contribution in [2.45, 2.75) is 19.0 Å². The molecule has 0 amide bonds. The highest BCUT2D eigenvalue weighted by atomic mass is 35.7. The largest absolute Gasteiger partial charge is 0.296 e. The Morgan fingerprint density at radius 1 is 1.24 bits per heavy atom. The summed E-state index contributed by atoms with van der Waals surface area (Å²) >= 11 is 0. The maximum absolute atomic E-state index is 11.1. The molecule has 90 valence electrons. The van der Waals surface area contributed by atoms with E-state index in [0.29, 0.717) is 5.82 Å². The van der Waals surface area contributed by atoms with E-state index in [2.05, 4.69) is 15.2 Å². The lowest BCUT2D eigenvalue weighted by atomic mass is 10.0. The molecule has 0 radical (unpaired) electrons. The Labute approximate surface area is 103 Å². The lowest BCUT2D eigenvalue weighted by molar-refractivity contribution is 0.602. The summed E-state index contributed by atoms with van der Waals surface area (Å²) in [5.41, 5.74) is 2.76. The van der Waals surface area contributed by atoms with E-state index in [1.807, 2.05) is 32.0 Å². The minimum atomic E-state index is -3.87. The number of aryl methyl sites for hydroxylation is 2. The minimum absolute atomic E-state index is 0.333. The summed E-state index contributed by atoms with van der Waals surface area (Å²) in [4.78, 5) is 3.89. The molecular weight excluding hydrogens is 262 g/mol. The third kappa shape index (κ3) is 2.32. The predicted molar refractivity (Wildman–Crippen MR) is 64.3 cm³/mol. The van der Waals surface area contributed by atoms with E-state index >= 15 is 0 Å². The van der Waals surface area contributed by atoms with E-state index in [4.69, 9.17) is 10.7 Å². The van der Waals surface area contributed by atoms with Gasteiger partial charge in [0.25, 0.3) is 14.2 Å². The quantitative estimate of drug-likeness (QED) is 0.848. The molecule has 1 N–H and O–H groups in total. The van der Waals surface area contributed by atoms with Gasteiger partial charge >= 0.3 is 0 Å². The van der Waals surface area contributed by atoms with Crippen molar-refractivity contribution < 1.29 is 8.42 Å². The van der Waals surface area contributed by atoms with Gasteiger partial charge in [0.15, 0.2) is 5.82 Å². The molecule has 2 aromatic rings. The topological polar surface area (TPSA) is 75.7 Å². The van der Waals surface area contributed by atoms with Crippen LogP contribution in [0, 0.1) is 13.8 Å². The van der Waals surface area contributed by atoms with Gasteiger partial charge in [0, 0.05) is 16.2 Å². The molecule has 1 aromatic heterocycles. The smallest absolute Gasteiger partial charge is 0.248 e. The van der Waals surface area contributed by atoms with Crippen molar-refractivity contribution in [3.8, 4) is 11.4 Å². The third-order valence-electron chi connectivity index (χ3n) is 2.40. The Hall–Kier alpha value is -1.40. The monoisotopic (exact) mass is 271 g/mol. The van der Waals surface area contributed by atoms with Crippen molar-refractivity contribution in [2.24, 2.45) is 0 Å². The fourth-order valence-electron chi connectivity index (χ4n) is 1.63. The van der Waals surface area contributed by atoms with Gasteiger partial charge in [0.1, 0.15) is 0 Å². The summed E-state index contributed by atoms with van der Waals surface area (Å²) < 4.78 is 22.2. The Balaban J connectivity index is 2.59. The van der Waals surface area contributed by atoms with Gasteiger partial charge in [0.05, 0.1) is 0 Å². The molecular formula is C10H10ClN3O2S. The van der Waals surface area contributed by atoms with Gasteiger partial charge in [-0.1, -0.05) is 18.2 Å². The summed E-state index contributed by atoms with van der Waals surface area (Å²) in [6.07, 6.45) is 0. The van der Waals surface area contributed by atoms with E-state index in [0.717, 1.165) is 16.7 Å². The summed E-state index contributed by atoms with van der Waals surface area (Å²) in [5.74, 6) is 0.333. The average Bonchev–Trinajstić information content (AvgIpc) is 2.65. The number of aromatic nitrogens is 3. The number of hydrogen-bond donors (Lipinski definition) is 1. The van der Waals surface area contributed by atoms with Gasteiger partial charge in [-0.15, -0.1) is 0 Å². The summed E-state index contributed by atoms with van der Waals surface area (Å²) in [6, 6.07) is 5.74. The van der Waals surface area contributed by atoms with Crippen LogP contribution in [-0.4, -0.2) is 23.6 Å². The number of benzene rings is 1. The zero-order chi connectivity index (χ0) is 12.6. The molecule has 0 aliphatic heterocycles. The molecule has 1 heterocycles. The highest BCUT2D eigenvalue weighted by molar-refractivity contribution is 8.13. The molecule has 0 spiro atoms. The van der Waals surface area contributed by atoms with Crippen LogP contribution in [0.3, 0.4) is 0 Å². The Morgan fingerprint density at radius 2 is 1.82 bits per heavy atom. The normalized spacial score (nSPS) is 11.7. The first-order valence-electron chi connectivity index (χ1n) is 4.83. The molecule has 1 aromatic carbocycles. The minimum Gasteiger partial charge on any atom is -0.248 e. The van der Waals surface area contributed by atoms with Crippen LogP contribution in [-0.2, 0) is 9.05 Å². The van der Waals surface area contributed by atoms with E-state index in [-0.39, 0.29) is 5.16 Å². The SMILES string of the molecule is Cc1cccc(C)c1-c1n[nH]c(S(=O)(=O)Cl)n1. The van der Waals surface area contributed by atoms with Crippen LogP contribution in [0.5, 0.6) is 0 Å². The van der Waals surface area contributed by atoms with Crippen molar-refractivity contribution in [3.63, 3.8) is 0 Å². The molecule has 17 heavy (non-hydrogen) atoms. The number of nitrogens with zero attached hydrogens (tertiary/aromatic N) is 2. The van der Waals surface area contributed by atoms with Crippen LogP contribution in [0.2, 0.25) is 0 Å². The Bertz CT molecular complexity index is 644. The van der Waals surface area contributed by atoms with Crippen LogP contribution < -0.4 is 0 Å². The molecule has 5 nitrogen and oxygen atoms in total.